The number of ether oxygens (including phenoxy) is 2. The maximum Gasteiger partial charge on any atom is 0.272 e. The number of nitrogens with one attached hydrogen (secondary N) is 2. The number of aromatic amines is 1. The standard InChI is InChI=1S/C15H23N3O4/c1-9-7-11-12(10(2)22-9)17-18-13(11)14(20)16-15(8-19)3-5-21-6-4-15/h9-10,19H,3-8H2,1-2H3,(H,16,20)(H,17,18)/t9-,10+/m1/s1. The summed E-state index contributed by atoms with van der Waals surface area (Å²) in [6.07, 6.45) is 1.84. The Bertz CT molecular complexity index is 551. The van der Waals surface area contributed by atoms with Gasteiger partial charge in [0.25, 0.3) is 5.91 Å². The zero-order chi connectivity index (χ0) is 15.7. The zero-order valence-electron chi connectivity index (χ0n) is 13.0. The summed E-state index contributed by atoms with van der Waals surface area (Å²) in [5.74, 6) is -0.241. The number of H-pyrrole nitrogens is 1. The second-order valence-electron chi connectivity index (χ2n) is 6.26. The van der Waals surface area contributed by atoms with E-state index >= 15 is 0 Å². The predicted molar refractivity (Wildman–Crippen MR) is 78.6 cm³/mol. The van der Waals surface area contributed by atoms with Gasteiger partial charge >= 0.3 is 0 Å². The molecule has 2 aliphatic heterocycles. The van der Waals surface area contributed by atoms with E-state index in [1.807, 2.05) is 13.8 Å². The Balaban J connectivity index is 1.81. The maximum absolute atomic E-state index is 12.6. The molecule has 0 unspecified atom stereocenters. The summed E-state index contributed by atoms with van der Waals surface area (Å²) in [4.78, 5) is 12.6. The van der Waals surface area contributed by atoms with Gasteiger partial charge in [0.05, 0.1) is 30.0 Å². The van der Waals surface area contributed by atoms with Crippen LogP contribution in [0.15, 0.2) is 0 Å². The number of fused-ring (bicyclic) bond motifs is 1. The number of carbonyl (C=O) groups excluding carboxylic acids is 1. The number of amides is 1. The molecule has 0 aromatic carbocycles. The van der Waals surface area contributed by atoms with Crippen LogP contribution in [-0.2, 0) is 15.9 Å². The molecule has 7 heteroatoms. The number of rotatable bonds is 3. The molecule has 1 aromatic rings. The van der Waals surface area contributed by atoms with Crippen LogP contribution in [0.4, 0.5) is 0 Å². The largest absolute Gasteiger partial charge is 0.394 e. The molecule has 3 rings (SSSR count). The fraction of sp³-hybridized carbons (Fsp3) is 0.733. The fourth-order valence-electron chi connectivity index (χ4n) is 3.25. The van der Waals surface area contributed by atoms with Gasteiger partial charge < -0.3 is 19.9 Å². The first-order valence-corrected chi connectivity index (χ1v) is 7.78. The highest BCUT2D eigenvalue weighted by molar-refractivity contribution is 5.94. The summed E-state index contributed by atoms with van der Waals surface area (Å²) >= 11 is 0. The van der Waals surface area contributed by atoms with Crippen LogP contribution in [0.5, 0.6) is 0 Å². The summed E-state index contributed by atoms with van der Waals surface area (Å²) in [5.41, 5.74) is 1.59. The lowest BCUT2D eigenvalue weighted by Crippen LogP contribution is -2.54. The normalized spacial score (nSPS) is 27.2. The highest BCUT2D eigenvalue weighted by atomic mass is 16.5. The van der Waals surface area contributed by atoms with Gasteiger partial charge in [-0.1, -0.05) is 0 Å². The number of aliphatic hydroxyl groups excluding tert-OH is 1. The molecular weight excluding hydrogens is 286 g/mol. The second-order valence-corrected chi connectivity index (χ2v) is 6.26. The molecule has 22 heavy (non-hydrogen) atoms. The molecule has 7 nitrogen and oxygen atoms in total. The van der Waals surface area contributed by atoms with Crippen LogP contribution in [0.3, 0.4) is 0 Å². The minimum Gasteiger partial charge on any atom is -0.394 e. The monoisotopic (exact) mass is 309 g/mol. The first-order valence-electron chi connectivity index (χ1n) is 7.78. The maximum atomic E-state index is 12.6. The van der Waals surface area contributed by atoms with Crippen molar-refractivity contribution in [2.24, 2.45) is 0 Å². The number of carbonyl (C=O) groups is 1. The van der Waals surface area contributed by atoms with Crippen LogP contribution in [0.1, 0.15) is 54.5 Å². The van der Waals surface area contributed by atoms with Crippen molar-refractivity contribution in [2.45, 2.75) is 50.9 Å². The van der Waals surface area contributed by atoms with E-state index in [2.05, 4.69) is 15.5 Å². The minimum atomic E-state index is -0.608. The third-order valence-electron chi connectivity index (χ3n) is 4.58. The SMILES string of the molecule is C[C@@H]1Cc2c(C(=O)NC3(CO)CCOCC3)n[nH]c2[C@H](C)O1. The Labute approximate surface area is 129 Å². The molecule has 3 heterocycles. The minimum absolute atomic E-state index is 0.0570. The summed E-state index contributed by atoms with van der Waals surface area (Å²) in [5, 5.41) is 19.8. The van der Waals surface area contributed by atoms with Crippen molar-refractivity contribution in [1.29, 1.82) is 0 Å². The van der Waals surface area contributed by atoms with Crippen molar-refractivity contribution in [1.82, 2.24) is 15.5 Å². The number of hydrogen-bond acceptors (Lipinski definition) is 5. The lowest BCUT2D eigenvalue weighted by atomic mass is 9.90. The Morgan fingerprint density at radius 3 is 2.86 bits per heavy atom. The molecule has 0 aliphatic carbocycles. The Hall–Kier alpha value is -1.44. The molecule has 3 N–H and O–H groups in total. The van der Waals surface area contributed by atoms with Crippen LogP contribution in [0.2, 0.25) is 0 Å². The molecule has 2 aliphatic rings. The third-order valence-corrected chi connectivity index (χ3v) is 4.58. The van der Waals surface area contributed by atoms with E-state index < -0.39 is 5.54 Å². The quantitative estimate of drug-likeness (QED) is 0.764. The number of aromatic nitrogens is 2. The lowest BCUT2D eigenvalue weighted by molar-refractivity contribution is -0.00705. The summed E-state index contributed by atoms with van der Waals surface area (Å²) in [7, 11) is 0. The zero-order valence-corrected chi connectivity index (χ0v) is 13.0. The van der Waals surface area contributed by atoms with Gasteiger partial charge in [0.15, 0.2) is 5.69 Å². The van der Waals surface area contributed by atoms with Crippen LogP contribution in [0.25, 0.3) is 0 Å². The second kappa shape index (κ2) is 5.98. The average Bonchev–Trinajstić information content (AvgIpc) is 2.92. The molecule has 1 amide bonds. The summed E-state index contributed by atoms with van der Waals surface area (Å²) in [6.45, 7) is 4.93. The van der Waals surface area contributed by atoms with Crippen molar-refractivity contribution >= 4 is 5.91 Å². The molecule has 0 bridgehead atoms. The third kappa shape index (κ3) is 2.76. The Kier molecular flexibility index (Phi) is 4.20. The summed E-state index contributed by atoms with van der Waals surface area (Å²) < 4.78 is 11.1. The smallest absolute Gasteiger partial charge is 0.272 e. The van der Waals surface area contributed by atoms with Gasteiger partial charge in [-0.25, -0.2) is 0 Å². The Morgan fingerprint density at radius 2 is 2.18 bits per heavy atom. The number of hydrogen-bond donors (Lipinski definition) is 3. The topological polar surface area (TPSA) is 96.5 Å². The van der Waals surface area contributed by atoms with E-state index in [1.165, 1.54) is 0 Å². The first-order chi connectivity index (χ1) is 10.5. The molecule has 1 fully saturated rings. The molecular formula is C15H23N3O4. The highest BCUT2D eigenvalue weighted by Gasteiger charge is 2.36. The highest BCUT2D eigenvalue weighted by Crippen LogP contribution is 2.30. The van der Waals surface area contributed by atoms with Gasteiger partial charge in [-0.15, -0.1) is 0 Å². The van der Waals surface area contributed by atoms with Crippen molar-refractivity contribution in [2.75, 3.05) is 19.8 Å². The van der Waals surface area contributed by atoms with Crippen molar-refractivity contribution in [3.05, 3.63) is 17.0 Å². The predicted octanol–water partition coefficient (Wildman–Crippen LogP) is 0.703. The molecule has 0 saturated carbocycles. The van der Waals surface area contributed by atoms with Crippen LogP contribution < -0.4 is 5.32 Å². The number of aliphatic hydroxyl groups is 1. The van der Waals surface area contributed by atoms with Gasteiger partial charge in [-0.3, -0.25) is 9.89 Å². The van der Waals surface area contributed by atoms with Gasteiger partial charge in [-0.05, 0) is 26.7 Å². The van der Waals surface area contributed by atoms with Crippen molar-refractivity contribution < 1.29 is 19.4 Å². The van der Waals surface area contributed by atoms with Gasteiger partial charge in [-0.2, -0.15) is 5.10 Å². The van der Waals surface area contributed by atoms with Crippen LogP contribution >= 0.6 is 0 Å². The molecule has 1 aromatic heterocycles. The molecule has 1 saturated heterocycles. The van der Waals surface area contributed by atoms with E-state index in [4.69, 9.17) is 9.47 Å². The first kappa shape index (κ1) is 15.5. The van der Waals surface area contributed by atoms with Crippen molar-refractivity contribution in [3.8, 4) is 0 Å². The van der Waals surface area contributed by atoms with E-state index in [9.17, 15) is 9.90 Å². The molecule has 122 valence electrons. The van der Waals surface area contributed by atoms with Crippen LogP contribution in [0, 0.1) is 0 Å². The van der Waals surface area contributed by atoms with Gasteiger partial charge in [0, 0.05) is 25.2 Å². The fourth-order valence-corrected chi connectivity index (χ4v) is 3.25. The van der Waals surface area contributed by atoms with E-state index in [1.54, 1.807) is 0 Å². The lowest BCUT2D eigenvalue weighted by Gasteiger charge is -2.36. The average molecular weight is 309 g/mol. The van der Waals surface area contributed by atoms with Crippen LogP contribution in [-0.4, -0.2) is 52.7 Å². The van der Waals surface area contributed by atoms with Gasteiger partial charge in [0.2, 0.25) is 0 Å². The van der Waals surface area contributed by atoms with Crippen molar-refractivity contribution in [3.63, 3.8) is 0 Å². The molecule has 2 atom stereocenters. The van der Waals surface area contributed by atoms with E-state index in [0.29, 0.717) is 38.2 Å². The van der Waals surface area contributed by atoms with E-state index in [0.717, 1.165) is 11.3 Å². The number of nitrogens with zero attached hydrogens (tertiary/aromatic N) is 1. The summed E-state index contributed by atoms with van der Waals surface area (Å²) in [6, 6.07) is 0. The molecule has 0 spiro atoms. The Morgan fingerprint density at radius 1 is 1.45 bits per heavy atom. The van der Waals surface area contributed by atoms with Gasteiger partial charge in [0.1, 0.15) is 0 Å². The van der Waals surface area contributed by atoms with E-state index in [-0.39, 0.29) is 24.7 Å². The molecule has 0 radical (unpaired) electrons.